The summed E-state index contributed by atoms with van der Waals surface area (Å²) in [7, 11) is 3.97. The van der Waals surface area contributed by atoms with Gasteiger partial charge in [0.2, 0.25) is 6.23 Å². The van der Waals surface area contributed by atoms with Crippen LogP contribution in [-0.4, -0.2) is 37.5 Å². The predicted octanol–water partition coefficient (Wildman–Crippen LogP) is 3.57. The van der Waals surface area contributed by atoms with E-state index in [1.54, 1.807) is 0 Å². The fourth-order valence-corrected chi connectivity index (χ4v) is 3.95. The molecule has 0 bridgehead atoms. The minimum absolute atomic E-state index is 0.00706. The number of anilines is 1. The van der Waals surface area contributed by atoms with Gasteiger partial charge in [0, 0.05) is 37.3 Å². The first-order valence-corrected chi connectivity index (χ1v) is 9.72. The number of nitrogens with two attached hydrogens (primary N) is 1. The average Bonchev–Trinajstić information content (AvgIpc) is 3.09. The summed E-state index contributed by atoms with van der Waals surface area (Å²) < 4.78 is 44.1. The SMILES string of the molecule is CN(C)c1ccc([C@H]2[NH2+]C[C@@H](CSc3ncc(C(F)(F)F)cc3Cl)O2)cc1. The summed E-state index contributed by atoms with van der Waals surface area (Å²) in [6, 6.07) is 9.08. The maximum atomic E-state index is 12.7. The minimum atomic E-state index is -4.45. The van der Waals surface area contributed by atoms with Gasteiger partial charge in [-0.25, -0.2) is 4.98 Å². The van der Waals surface area contributed by atoms with Crippen LogP contribution in [0.5, 0.6) is 0 Å². The highest BCUT2D eigenvalue weighted by Gasteiger charge is 2.32. The lowest BCUT2D eigenvalue weighted by Crippen LogP contribution is -2.82. The summed E-state index contributed by atoms with van der Waals surface area (Å²) in [6.07, 6.45) is -3.75. The molecule has 2 atom stereocenters. The molecule has 3 rings (SSSR count). The van der Waals surface area contributed by atoms with Crippen LogP contribution in [0.25, 0.3) is 0 Å². The summed E-state index contributed by atoms with van der Waals surface area (Å²) in [5.41, 5.74) is 1.36. The molecule has 0 saturated carbocycles. The van der Waals surface area contributed by atoms with Crippen LogP contribution in [0.2, 0.25) is 5.02 Å². The fourth-order valence-electron chi connectivity index (χ4n) is 2.74. The zero-order valence-electron chi connectivity index (χ0n) is 14.8. The third-order valence-corrected chi connectivity index (χ3v) is 5.77. The van der Waals surface area contributed by atoms with Crippen LogP contribution < -0.4 is 10.2 Å². The number of pyridine rings is 1. The van der Waals surface area contributed by atoms with Gasteiger partial charge in [0.15, 0.2) is 0 Å². The van der Waals surface area contributed by atoms with E-state index < -0.39 is 11.7 Å². The van der Waals surface area contributed by atoms with Crippen molar-refractivity contribution in [1.29, 1.82) is 0 Å². The zero-order valence-corrected chi connectivity index (χ0v) is 16.4. The number of aromatic nitrogens is 1. The number of hydrogen-bond acceptors (Lipinski definition) is 4. The van der Waals surface area contributed by atoms with E-state index in [4.69, 9.17) is 16.3 Å². The van der Waals surface area contributed by atoms with Crippen LogP contribution in [0.4, 0.5) is 18.9 Å². The van der Waals surface area contributed by atoms with Crippen LogP contribution in [-0.2, 0) is 10.9 Å². The second-order valence-corrected chi connectivity index (χ2v) is 7.87. The molecule has 2 aromatic rings. The third kappa shape index (κ3) is 5.07. The summed E-state index contributed by atoms with van der Waals surface area (Å²) in [5, 5.41) is 2.50. The first-order chi connectivity index (χ1) is 12.7. The number of halogens is 4. The number of thioether (sulfide) groups is 1. The molecule has 0 radical (unpaired) electrons. The van der Waals surface area contributed by atoms with E-state index in [0.717, 1.165) is 30.1 Å². The predicted molar refractivity (Wildman–Crippen MR) is 100 cm³/mol. The fraction of sp³-hybridized carbons (Fsp3) is 0.389. The van der Waals surface area contributed by atoms with Gasteiger partial charge in [0.05, 0.1) is 10.6 Å². The molecule has 146 valence electrons. The van der Waals surface area contributed by atoms with Crippen LogP contribution in [0, 0.1) is 0 Å². The van der Waals surface area contributed by atoms with E-state index in [0.29, 0.717) is 10.8 Å². The van der Waals surface area contributed by atoms with Gasteiger partial charge in [-0.05, 0) is 30.3 Å². The molecular formula is C18H20ClF3N3OS+. The van der Waals surface area contributed by atoms with Crippen molar-refractivity contribution in [2.24, 2.45) is 0 Å². The highest BCUT2D eigenvalue weighted by Crippen LogP contribution is 2.34. The average molecular weight is 419 g/mol. The van der Waals surface area contributed by atoms with E-state index in [9.17, 15) is 13.2 Å². The largest absolute Gasteiger partial charge is 0.417 e. The van der Waals surface area contributed by atoms with Crippen LogP contribution in [0.1, 0.15) is 17.4 Å². The van der Waals surface area contributed by atoms with E-state index in [1.165, 1.54) is 11.8 Å². The van der Waals surface area contributed by atoms with Gasteiger partial charge in [-0.2, -0.15) is 13.2 Å². The molecule has 1 aromatic carbocycles. The maximum Gasteiger partial charge on any atom is 0.417 e. The number of nitrogens with zero attached hydrogens (tertiary/aromatic N) is 2. The van der Waals surface area contributed by atoms with Crippen LogP contribution in [0.15, 0.2) is 41.6 Å². The second-order valence-electron chi connectivity index (χ2n) is 6.46. The Hall–Kier alpha value is -1.48. The van der Waals surface area contributed by atoms with Gasteiger partial charge >= 0.3 is 6.18 Å². The Labute approximate surface area is 165 Å². The lowest BCUT2D eigenvalue weighted by Gasteiger charge is -2.14. The highest BCUT2D eigenvalue weighted by molar-refractivity contribution is 7.99. The second kappa shape index (κ2) is 8.26. The van der Waals surface area contributed by atoms with Gasteiger partial charge in [-0.3, -0.25) is 0 Å². The van der Waals surface area contributed by atoms with Gasteiger partial charge in [0.1, 0.15) is 17.7 Å². The first-order valence-electron chi connectivity index (χ1n) is 8.35. The molecule has 1 fully saturated rings. The van der Waals surface area contributed by atoms with E-state index >= 15 is 0 Å². The van der Waals surface area contributed by atoms with Gasteiger partial charge in [-0.15, -0.1) is 11.8 Å². The zero-order chi connectivity index (χ0) is 19.6. The molecule has 0 aliphatic carbocycles. The highest BCUT2D eigenvalue weighted by atomic mass is 35.5. The number of alkyl halides is 3. The van der Waals surface area contributed by atoms with Crippen molar-refractivity contribution >= 4 is 29.1 Å². The molecule has 9 heteroatoms. The molecule has 2 heterocycles. The van der Waals surface area contributed by atoms with Crippen molar-refractivity contribution in [3.05, 3.63) is 52.7 Å². The quantitative estimate of drug-likeness (QED) is 0.754. The van der Waals surface area contributed by atoms with Crippen LogP contribution >= 0.6 is 23.4 Å². The lowest BCUT2D eigenvalue weighted by atomic mass is 10.2. The molecule has 1 saturated heterocycles. The lowest BCUT2D eigenvalue weighted by molar-refractivity contribution is -0.697. The molecule has 1 aromatic heterocycles. The maximum absolute atomic E-state index is 12.7. The Kier molecular flexibility index (Phi) is 6.20. The molecule has 1 aliphatic heterocycles. The van der Waals surface area contributed by atoms with Gasteiger partial charge < -0.3 is 15.0 Å². The monoisotopic (exact) mass is 418 g/mol. The molecule has 1 aliphatic rings. The summed E-state index contributed by atoms with van der Waals surface area (Å²) in [4.78, 5) is 5.88. The molecular weight excluding hydrogens is 399 g/mol. The Balaban J connectivity index is 1.56. The smallest absolute Gasteiger partial charge is 0.378 e. The standard InChI is InChI=1S/C18H19ClF3N3OS/c1-25(2)13-5-3-11(4-6-13)16-23-9-14(26-16)10-27-17-15(19)7-12(8-24-17)18(20,21)22/h3-8,14,16,23H,9-10H2,1-2H3/p+1/t14-,16-/m0/s1. The Morgan fingerprint density at radius 2 is 2.00 bits per heavy atom. The van der Waals surface area contributed by atoms with E-state index in [2.05, 4.69) is 10.3 Å². The molecule has 0 amide bonds. The number of hydrogen-bond donors (Lipinski definition) is 1. The minimum Gasteiger partial charge on any atom is -0.378 e. The Bertz CT molecular complexity index is 786. The van der Waals surface area contributed by atoms with Gasteiger partial charge in [-0.1, -0.05) is 11.6 Å². The van der Waals surface area contributed by atoms with Crippen molar-refractivity contribution in [2.75, 3.05) is 31.3 Å². The summed E-state index contributed by atoms with van der Waals surface area (Å²) in [5.74, 6) is 0.570. The molecule has 4 nitrogen and oxygen atoms in total. The Morgan fingerprint density at radius 3 is 2.59 bits per heavy atom. The van der Waals surface area contributed by atoms with Crippen molar-refractivity contribution in [3.8, 4) is 0 Å². The topological polar surface area (TPSA) is 42.0 Å². The number of quaternary nitrogens is 1. The number of ether oxygens (including phenoxy) is 1. The molecule has 0 unspecified atom stereocenters. The molecule has 27 heavy (non-hydrogen) atoms. The normalized spacial score (nSPS) is 20.1. The van der Waals surface area contributed by atoms with Crippen molar-refractivity contribution in [1.82, 2.24) is 4.98 Å². The number of rotatable bonds is 5. The van der Waals surface area contributed by atoms with Crippen molar-refractivity contribution < 1.29 is 23.2 Å². The third-order valence-electron chi connectivity index (χ3n) is 4.23. The van der Waals surface area contributed by atoms with E-state index in [1.807, 2.05) is 43.3 Å². The number of benzene rings is 1. The molecule has 0 spiro atoms. The van der Waals surface area contributed by atoms with Crippen molar-refractivity contribution in [3.63, 3.8) is 0 Å². The first kappa shape index (κ1) is 20.3. The summed E-state index contributed by atoms with van der Waals surface area (Å²) in [6.45, 7) is 0.769. The van der Waals surface area contributed by atoms with Crippen LogP contribution in [0.3, 0.4) is 0 Å². The van der Waals surface area contributed by atoms with Crippen molar-refractivity contribution in [2.45, 2.75) is 23.5 Å². The van der Waals surface area contributed by atoms with Gasteiger partial charge in [0.25, 0.3) is 0 Å². The molecule has 2 N–H and O–H groups in total. The summed E-state index contributed by atoms with van der Waals surface area (Å²) >= 11 is 7.26. The van der Waals surface area contributed by atoms with E-state index in [-0.39, 0.29) is 17.4 Å². The Morgan fingerprint density at radius 1 is 1.30 bits per heavy atom.